The van der Waals surface area contributed by atoms with Crippen LogP contribution in [0.5, 0.6) is 0 Å². The molecule has 27 heavy (non-hydrogen) atoms. The van der Waals surface area contributed by atoms with Gasteiger partial charge in [-0.05, 0) is 46.3 Å². The maximum atomic E-state index is 12.7. The number of piperazine rings is 1. The molecule has 4 heterocycles. The Labute approximate surface area is 170 Å². The largest absolute Gasteiger partial charge is 0.335 e. The van der Waals surface area contributed by atoms with Crippen molar-refractivity contribution in [3.63, 3.8) is 0 Å². The molecular weight excluding hydrogens is 426 g/mol. The van der Waals surface area contributed by atoms with E-state index in [0.717, 1.165) is 59.2 Å². The number of nitrogens with zero attached hydrogens (tertiary/aromatic N) is 4. The standard InChI is InChI=1S/C19H20BrN5OS/c20-18-5-4-17(27-18)15-13-16(23-22-15)19(26)25-11-9-24(10-12-25)8-6-14-3-1-2-7-21-14/h1-5,7,13H,6,8-12H2,(H,22,23). The summed E-state index contributed by atoms with van der Waals surface area (Å²) in [5.41, 5.74) is 2.47. The van der Waals surface area contributed by atoms with Crippen LogP contribution in [0.25, 0.3) is 10.6 Å². The van der Waals surface area contributed by atoms with Gasteiger partial charge >= 0.3 is 0 Å². The topological polar surface area (TPSA) is 65.1 Å². The molecule has 0 saturated carbocycles. The number of thiophene rings is 1. The molecule has 1 fully saturated rings. The van der Waals surface area contributed by atoms with Gasteiger partial charge in [0.25, 0.3) is 5.91 Å². The minimum absolute atomic E-state index is 0.00232. The van der Waals surface area contributed by atoms with Crippen molar-refractivity contribution in [3.05, 3.63) is 57.8 Å². The molecule has 1 saturated heterocycles. The minimum atomic E-state index is -0.00232. The minimum Gasteiger partial charge on any atom is -0.335 e. The average molecular weight is 446 g/mol. The smallest absolute Gasteiger partial charge is 0.274 e. The summed E-state index contributed by atoms with van der Waals surface area (Å²) < 4.78 is 1.06. The summed E-state index contributed by atoms with van der Waals surface area (Å²) in [6.45, 7) is 4.20. The van der Waals surface area contributed by atoms with E-state index in [4.69, 9.17) is 0 Å². The van der Waals surface area contributed by atoms with Crippen LogP contribution in [0.2, 0.25) is 0 Å². The first-order valence-corrected chi connectivity index (χ1v) is 10.5. The highest BCUT2D eigenvalue weighted by molar-refractivity contribution is 9.11. The lowest BCUT2D eigenvalue weighted by molar-refractivity contribution is 0.0632. The van der Waals surface area contributed by atoms with Crippen LogP contribution < -0.4 is 0 Å². The summed E-state index contributed by atoms with van der Waals surface area (Å²) in [6.07, 6.45) is 2.77. The van der Waals surface area contributed by atoms with E-state index in [1.807, 2.05) is 41.4 Å². The number of aromatic nitrogens is 3. The van der Waals surface area contributed by atoms with E-state index in [1.54, 1.807) is 11.3 Å². The number of carbonyl (C=O) groups is 1. The van der Waals surface area contributed by atoms with E-state index >= 15 is 0 Å². The molecule has 0 unspecified atom stereocenters. The SMILES string of the molecule is O=C(c1cc(-c2ccc(Br)s2)[nH]n1)N1CCN(CCc2ccccn2)CC1. The van der Waals surface area contributed by atoms with Crippen molar-refractivity contribution in [2.24, 2.45) is 0 Å². The van der Waals surface area contributed by atoms with Crippen molar-refractivity contribution in [1.29, 1.82) is 0 Å². The quantitative estimate of drug-likeness (QED) is 0.654. The number of aromatic amines is 1. The van der Waals surface area contributed by atoms with Gasteiger partial charge in [-0.1, -0.05) is 6.07 Å². The molecule has 0 atom stereocenters. The van der Waals surface area contributed by atoms with Crippen molar-refractivity contribution in [3.8, 4) is 10.6 Å². The van der Waals surface area contributed by atoms with Crippen LogP contribution in [0.15, 0.2) is 46.4 Å². The third kappa shape index (κ3) is 4.45. The van der Waals surface area contributed by atoms with Crippen LogP contribution in [0.4, 0.5) is 0 Å². The molecule has 3 aromatic rings. The molecule has 6 nitrogen and oxygen atoms in total. The van der Waals surface area contributed by atoms with Crippen molar-refractivity contribution in [2.75, 3.05) is 32.7 Å². The fraction of sp³-hybridized carbons (Fsp3) is 0.316. The Hall–Kier alpha value is -2.03. The van der Waals surface area contributed by atoms with Gasteiger partial charge < -0.3 is 4.90 Å². The van der Waals surface area contributed by atoms with Gasteiger partial charge in [-0.15, -0.1) is 11.3 Å². The maximum Gasteiger partial charge on any atom is 0.274 e. The van der Waals surface area contributed by atoms with Gasteiger partial charge in [0.15, 0.2) is 5.69 Å². The number of hydrogen-bond acceptors (Lipinski definition) is 5. The summed E-state index contributed by atoms with van der Waals surface area (Å²) in [5, 5.41) is 7.20. The Morgan fingerprint density at radius 3 is 2.74 bits per heavy atom. The molecule has 1 aliphatic heterocycles. The highest BCUT2D eigenvalue weighted by Gasteiger charge is 2.24. The van der Waals surface area contributed by atoms with E-state index < -0.39 is 0 Å². The second kappa shape index (κ2) is 8.33. The fourth-order valence-corrected chi connectivity index (χ4v) is 4.52. The molecule has 140 valence electrons. The molecule has 0 aromatic carbocycles. The predicted octanol–water partition coefficient (Wildman–Crippen LogP) is 3.30. The molecule has 0 radical (unpaired) electrons. The monoisotopic (exact) mass is 445 g/mol. The van der Waals surface area contributed by atoms with Crippen LogP contribution in [0.1, 0.15) is 16.2 Å². The first kappa shape index (κ1) is 18.3. The van der Waals surface area contributed by atoms with E-state index in [2.05, 4.69) is 42.1 Å². The molecule has 3 aromatic heterocycles. The Bertz CT molecular complexity index is 902. The second-order valence-electron chi connectivity index (χ2n) is 6.48. The molecule has 0 aliphatic carbocycles. The van der Waals surface area contributed by atoms with Gasteiger partial charge in [0.1, 0.15) is 0 Å². The average Bonchev–Trinajstić information content (AvgIpc) is 3.36. The molecular formula is C19H20BrN5OS. The van der Waals surface area contributed by atoms with Gasteiger partial charge in [0, 0.05) is 51.0 Å². The first-order valence-electron chi connectivity index (χ1n) is 8.92. The van der Waals surface area contributed by atoms with Crippen molar-refractivity contribution in [2.45, 2.75) is 6.42 Å². The second-order valence-corrected chi connectivity index (χ2v) is 8.94. The number of rotatable bonds is 5. The highest BCUT2D eigenvalue weighted by atomic mass is 79.9. The molecule has 0 spiro atoms. The molecule has 8 heteroatoms. The van der Waals surface area contributed by atoms with Crippen LogP contribution >= 0.6 is 27.3 Å². The number of halogens is 1. The van der Waals surface area contributed by atoms with Gasteiger partial charge in [-0.3, -0.25) is 19.8 Å². The van der Waals surface area contributed by atoms with Crippen LogP contribution in [-0.2, 0) is 6.42 Å². The van der Waals surface area contributed by atoms with Gasteiger partial charge in [-0.25, -0.2) is 0 Å². The Morgan fingerprint density at radius 1 is 1.19 bits per heavy atom. The summed E-state index contributed by atoms with van der Waals surface area (Å²) in [7, 11) is 0. The first-order chi connectivity index (χ1) is 13.2. The molecule has 1 N–H and O–H groups in total. The Balaban J connectivity index is 1.30. The molecule has 0 bridgehead atoms. The zero-order valence-corrected chi connectivity index (χ0v) is 17.2. The summed E-state index contributed by atoms with van der Waals surface area (Å²) in [4.78, 5) is 22.5. The van der Waals surface area contributed by atoms with Crippen molar-refractivity contribution >= 4 is 33.2 Å². The maximum absolute atomic E-state index is 12.7. The van der Waals surface area contributed by atoms with Crippen LogP contribution in [0, 0.1) is 0 Å². The Morgan fingerprint density at radius 2 is 2.04 bits per heavy atom. The number of H-pyrrole nitrogens is 1. The number of carbonyl (C=O) groups excluding carboxylic acids is 1. The lowest BCUT2D eigenvalue weighted by Crippen LogP contribution is -2.49. The number of hydrogen-bond donors (Lipinski definition) is 1. The number of amides is 1. The Kier molecular flexibility index (Phi) is 5.66. The van der Waals surface area contributed by atoms with Crippen molar-refractivity contribution < 1.29 is 4.79 Å². The normalized spacial score (nSPS) is 15.2. The lowest BCUT2D eigenvalue weighted by Gasteiger charge is -2.34. The van der Waals surface area contributed by atoms with Crippen LogP contribution in [-0.4, -0.2) is 63.6 Å². The van der Waals surface area contributed by atoms with Crippen LogP contribution in [0.3, 0.4) is 0 Å². The van der Waals surface area contributed by atoms with Crippen molar-refractivity contribution in [1.82, 2.24) is 25.0 Å². The van der Waals surface area contributed by atoms with Gasteiger partial charge in [-0.2, -0.15) is 5.10 Å². The zero-order valence-electron chi connectivity index (χ0n) is 14.8. The summed E-state index contributed by atoms with van der Waals surface area (Å²) in [5.74, 6) is -0.00232. The van der Waals surface area contributed by atoms with E-state index in [-0.39, 0.29) is 5.91 Å². The predicted molar refractivity (Wildman–Crippen MR) is 110 cm³/mol. The lowest BCUT2D eigenvalue weighted by atomic mass is 10.2. The van der Waals surface area contributed by atoms with Gasteiger partial charge in [0.05, 0.1) is 14.4 Å². The third-order valence-electron chi connectivity index (χ3n) is 4.71. The summed E-state index contributed by atoms with van der Waals surface area (Å²) in [6, 6.07) is 11.9. The van der Waals surface area contributed by atoms with E-state index in [0.29, 0.717) is 5.69 Å². The number of pyridine rings is 1. The van der Waals surface area contributed by atoms with Gasteiger partial charge in [0.2, 0.25) is 0 Å². The highest BCUT2D eigenvalue weighted by Crippen LogP contribution is 2.30. The summed E-state index contributed by atoms with van der Waals surface area (Å²) >= 11 is 5.08. The molecule has 4 rings (SSSR count). The third-order valence-corrected chi connectivity index (χ3v) is 6.36. The van der Waals surface area contributed by atoms with E-state index in [9.17, 15) is 4.79 Å². The zero-order chi connectivity index (χ0) is 18.6. The van der Waals surface area contributed by atoms with E-state index in [1.165, 1.54) is 0 Å². The number of nitrogens with one attached hydrogen (secondary N) is 1. The molecule has 1 amide bonds. The fourth-order valence-electron chi connectivity index (χ4n) is 3.17. The molecule has 1 aliphatic rings.